The van der Waals surface area contributed by atoms with Gasteiger partial charge in [-0.25, -0.2) is 4.79 Å². The number of hydrogen-bond donors (Lipinski definition) is 1. The van der Waals surface area contributed by atoms with Crippen molar-refractivity contribution in [3.05, 3.63) is 29.3 Å². The maximum Gasteiger partial charge on any atom is 0.419 e. The Bertz CT molecular complexity index is 488. The van der Waals surface area contributed by atoms with Crippen LogP contribution in [0.1, 0.15) is 17.5 Å². The molecule has 1 saturated heterocycles. The molecule has 4 nitrogen and oxygen atoms in total. The first-order valence-corrected chi connectivity index (χ1v) is 5.65. The van der Waals surface area contributed by atoms with Crippen molar-refractivity contribution in [2.75, 3.05) is 6.61 Å². The first-order chi connectivity index (χ1) is 8.91. The van der Waals surface area contributed by atoms with Gasteiger partial charge in [-0.05, 0) is 17.7 Å². The van der Waals surface area contributed by atoms with Crippen LogP contribution < -0.4 is 10.5 Å². The highest BCUT2D eigenvalue weighted by Crippen LogP contribution is 2.37. The van der Waals surface area contributed by atoms with Gasteiger partial charge in [-0.2, -0.15) is 13.2 Å². The molecule has 2 N–H and O–H groups in total. The molecule has 0 spiro atoms. The van der Waals surface area contributed by atoms with E-state index < -0.39 is 23.8 Å². The minimum atomic E-state index is -4.57. The summed E-state index contributed by atoms with van der Waals surface area (Å²) in [7, 11) is 0. The van der Waals surface area contributed by atoms with Gasteiger partial charge in [-0.1, -0.05) is 6.07 Å². The van der Waals surface area contributed by atoms with E-state index in [9.17, 15) is 18.0 Å². The van der Waals surface area contributed by atoms with Gasteiger partial charge in [0.2, 0.25) is 0 Å². The largest absolute Gasteiger partial charge is 0.478 e. The van der Waals surface area contributed by atoms with Crippen molar-refractivity contribution in [1.82, 2.24) is 0 Å². The van der Waals surface area contributed by atoms with Crippen LogP contribution in [0.4, 0.5) is 13.2 Å². The number of hydrogen-bond acceptors (Lipinski definition) is 4. The summed E-state index contributed by atoms with van der Waals surface area (Å²) in [6.07, 6.45) is -5.30. The molecule has 0 bridgehead atoms. The minimum absolute atomic E-state index is 0.00513. The number of benzene rings is 1. The third-order valence-electron chi connectivity index (χ3n) is 2.74. The van der Waals surface area contributed by atoms with Crippen LogP contribution >= 0.6 is 0 Å². The summed E-state index contributed by atoms with van der Waals surface area (Å²) in [4.78, 5) is 11.2. The number of halogens is 3. The van der Waals surface area contributed by atoms with Crippen LogP contribution in [0.15, 0.2) is 18.2 Å². The van der Waals surface area contributed by atoms with Crippen LogP contribution in [-0.2, 0) is 22.3 Å². The van der Waals surface area contributed by atoms with E-state index in [2.05, 4.69) is 4.74 Å². The first kappa shape index (κ1) is 13.7. The van der Waals surface area contributed by atoms with Gasteiger partial charge in [-0.3, -0.25) is 0 Å². The maximum atomic E-state index is 12.9. The van der Waals surface area contributed by atoms with Crippen LogP contribution in [0.5, 0.6) is 5.75 Å². The molecule has 7 heteroatoms. The minimum Gasteiger partial charge on any atom is -0.478 e. The van der Waals surface area contributed by atoms with Gasteiger partial charge in [0.15, 0.2) is 6.10 Å². The van der Waals surface area contributed by atoms with Crippen molar-refractivity contribution in [2.45, 2.75) is 25.2 Å². The summed E-state index contributed by atoms with van der Waals surface area (Å²) >= 11 is 0. The lowest BCUT2D eigenvalue weighted by atomic mass is 10.1. The predicted molar refractivity (Wildman–Crippen MR) is 59.3 cm³/mol. The highest BCUT2D eigenvalue weighted by atomic mass is 19.4. The van der Waals surface area contributed by atoms with Gasteiger partial charge in [0.05, 0.1) is 12.2 Å². The molecule has 1 fully saturated rings. The predicted octanol–water partition coefficient (Wildman–Crippen LogP) is 1.86. The van der Waals surface area contributed by atoms with Gasteiger partial charge in [0.25, 0.3) is 0 Å². The summed E-state index contributed by atoms with van der Waals surface area (Å²) in [6.45, 7) is 0.153. The summed E-state index contributed by atoms with van der Waals surface area (Å²) in [6, 6.07) is 3.54. The number of carbonyl (C=O) groups excluding carboxylic acids is 1. The zero-order valence-electron chi connectivity index (χ0n) is 9.87. The summed E-state index contributed by atoms with van der Waals surface area (Å²) < 4.78 is 48.4. The number of esters is 1. The first-order valence-electron chi connectivity index (χ1n) is 5.65. The van der Waals surface area contributed by atoms with Crippen molar-refractivity contribution in [1.29, 1.82) is 0 Å². The standard InChI is InChI=1S/C12H12F3NO3/c13-12(14,15)8-5-7(6-16)1-2-9(8)19-10-3-4-18-11(10)17/h1-2,5,10H,3-4,6,16H2. The summed E-state index contributed by atoms with van der Waals surface area (Å²) in [5, 5.41) is 0. The second kappa shape index (κ2) is 5.08. The molecule has 0 aromatic heterocycles. The Kier molecular flexibility index (Phi) is 3.66. The lowest BCUT2D eigenvalue weighted by molar-refractivity contribution is -0.146. The third kappa shape index (κ3) is 2.98. The topological polar surface area (TPSA) is 61.6 Å². The highest BCUT2D eigenvalue weighted by molar-refractivity contribution is 5.76. The van der Waals surface area contributed by atoms with E-state index in [-0.39, 0.29) is 25.3 Å². The summed E-state index contributed by atoms with van der Waals surface area (Å²) in [5.41, 5.74) is 4.72. The SMILES string of the molecule is NCc1ccc(OC2CCOC2=O)c(C(F)(F)F)c1. The molecule has 1 heterocycles. The van der Waals surface area contributed by atoms with Gasteiger partial charge in [-0.15, -0.1) is 0 Å². The van der Waals surface area contributed by atoms with E-state index >= 15 is 0 Å². The Morgan fingerprint density at radius 3 is 2.68 bits per heavy atom. The number of cyclic esters (lactones) is 1. The number of ether oxygens (including phenoxy) is 2. The molecule has 104 valence electrons. The number of rotatable bonds is 3. The lowest BCUT2D eigenvalue weighted by Crippen LogP contribution is -2.23. The van der Waals surface area contributed by atoms with Crippen LogP contribution in [0.25, 0.3) is 0 Å². The van der Waals surface area contributed by atoms with Crippen LogP contribution in [0, 0.1) is 0 Å². The fraction of sp³-hybridized carbons (Fsp3) is 0.417. The average molecular weight is 275 g/mol. The molecule has 1 aromatic rings. The van der Waals surface area contributed by atoms with E-state index in [1.165, 1.54) is 12.1 Å². The fourth-order valence-corrected chi connectivity index (χ4v) is 1.77. The third-order valence-corrected chi connectivity index (χ3v) is 2.74. The van der Waals surface area contributed by atoms with E-state index in [1.54, 1.807) is 0 Å². The normalized spacial score (nSPS) is 19.4. The number of nitrogens with two attached hydrogens (primary N) is 1. The van der Waals surface area contributed by atoms with Crippen molar-refractivity contribution >= 4 is 5.97 Å². The Hall–Kier alpha value is -1.76. The van der Waals surface area contributed by atoms with Crippen molar-refractivity contribution in [2.24, 2.45) is 5.73 Å². The molecular weight excluding hydrogens is 263 g/mol. The van der Waals surface area contributed by atoms with Crippen LogP contribution in [-0.4, -0.2) is 18.7 Å². The molecule has 0 saturated carbocycles. The Balaban J connectivity index is 2.31. The quantitative estimate of drug-likeness (QED) is 0.855. The smallest absolute Gasteiger partial charge is 0.419 e. The second-order valence-electron chi connectivity index (χ2n) is 4.10. The lowest BCUT2D eigenvalue weighted by Gasteiger charge is -2.17. The summed E-state index contributed by atoms with van der Waals surface area (Å²) in [5.74, 6) is -1.02. The van der Waals surface area contributed by atoms with Crippen molar-refractivity contribution in [3.63, 3.8) is 0 Å². The fourth-order valence-electron chi connectivity index (χ4n) is 1.77. The molecule has 1 unspecified atom stereocenters. The molecule has 0 radical (unpaired) electrons. The second-order valence-corrected chi connectivity index (χ2v) is 4.10. The Morgan fingerprint density at radius 1 is 1.42 bits per heavy atom. The Labute approximate surface area is 107 Å². The van der Waals surface area contributed by atoms with E-state index in [4.69, 9.17) is 10.5 Å². The van der Waals surface area contributed by atoms with Gasteiger partial charge >= 0.3 is 12.1 Å². The monoisotopic (exact) mass is 275 g/mol. The van der Waals surface area contributed by atoms with Gasteiger partial charge < -0.3 is 15.2 Å². The van der Waals surface area contributed by atoms with Gasteiger partial charge in [0, 0.05) is 13.0 Å². The van der Waals surface area contributed by atoms with Crippen LogP contribution in [0.2, 0.25) is 0 Å². The zero-order valence-corrected chi connectivity index (χ0v) is 9.87. The molecule has 1 atom stereocenters. The number of alkyl halides is 3. The number of carbonyl (C=O) groups is 1. The van der Waals surface area contributed by atoms with Gasteiger partial charge in [0.1, 0.15) is 5.75 Å². The zero-order chi connectivity index (χ0) is 14.0. The molecular formula is C12H12F3NO3. The molecule has 0 aliphatic carbocycles. The van der Waals surface area contributed by atoms with E-state index in [1.807, 2.05) is 0 Å². The molecule has 19 heavy (non-hydrogen) atoms. The Morgan fingerprint density at radius 2 is 2.16 bits per heavy atom. The van der Waals surface area contributed by atoms with Crippen LogP contribution in [0.3, 0.4) is 0 Å². The molecule has 1 aliphatic heterocycles. The highest BCUT2D eigenvalue weighted by Gasteiger charge is 2.37. The molecule has 2 rings (SSSR count). The van der Waals surface area contributed by atoms with E-state index in [0.29, 0.717) is 5.56 Å². The van der Waals surface area contributed by atoms with E-state index in [0.717, 1.165) is 6.07 Å². The molecule has 1 aliphatic rings. The van der Waals surface area contributed by atoms with Crippen molar-refractivity contribution < 1.29 is 27.4 Å². The van der Waals surface area contributed by atoms with Crippen molar-refractivity contribution in [3.8, 4) is 5.75 Å². The molecule has 0 amide bonds. The molecule has 1 aromatic carbocycles. The average Bonchev–Trinajstić information content (AvgIpc) is 2.74. The maximum absolute atomic E-state index is 12.9.